The van der Waals surface area contributed by atoms with Crippen LogP contribution in [0.3, 0.4) is 0 Å². The zero-order valence-electron chi connectivity index (χ0n) is 15.7. The van der Waals surface area contributed by atoms with Crippen LogP contribution < -0.4 is 5.76 Å². The van der Waals surface area contributed by atoms with Gasteiger partial charge in [0, 0.05) is 45.2 Å². The summed E-state index contributed by atoms with van der Waals surface area (Å²) in [5.41, 5.74) is 0.782. The zero-order valence-corrected chi connectivity index (χ0v) is 16.5. The Morgan fingerprint density at radius 2 is 1.79 bits per heavy atom. The van der Waals surface area contributed by atoms with E-state index in [2.05, 4.69) is 0 Å². The van der Waals surface area contributed by atoms with Gasteiger partial charge >= 0.3 is 5.76 Å². The van der Waals surface area contributed by atoms with Gasteiger partial charge in [0.25, 0.3) is 0 Å². The molecule has 2 aliphatic heterocycles. The van der Waals surface area contributed by atoms with Gasteiger partial charge in [0.1, 0.15) is 0 Å². The lowest BCUT2D eigenvalue weighted by molar-refractivity contribution is -0.140. The Morgan fingerprint density at radius 3 is 2.46 bits per heavy atom. The van der Waals surface area contributed by atoms with Crippen molar-refractivity contribution < 1.29 is 22.4 Å². The predicted octanol–water partition coefficient (Wildman–Crippen LogP) is 0.391. The number of sulfonamides is 1. The van der Waals surface area contributed by atoms with E-state index in [1.807, 2.05) is 4.90 Å². The van der Waals surface area contributed by atoms with Gasteiger partial charge in [0.05, 0.1) is 23.6 Å². The highest BCUT2D eigenvalue weighted by atomic mass is 32.2. The summed E-state index contributed by atoms with van der Waals surface area (Å²) in [5.74, 6) is -0.598. The summed E-state index contributed by atoms with van der Waals surface area (Å²) in [6, 6.07) is 4.44. The van der Waals surface area contributed by atoms with Crippen molar-refractivity contribution in [2.45, 2.75) is 17.7 Å². The van der Waals surface area contributed by atoms with Gasteiger partial charge in [-0.2, -0.15) is 4.31 Å². The number of morpholine rings is 1. The number of carbonyl (C=O) groups is 1. The largest absolute Gasteiger partial charge is 0.419 e. The first-order valence-corrected chi connectivity index (χ1v) is 10.8. The molecule has 2 aliphatic rings. The van der Waals surface area contributed by atoms with E-state index in [9.17, 15) is 18.0 Å². The summed E-state index contributed by atoms with van der Waals surface area (Å²) in [5, 5.41) is 0. The Balaban J connectivity index is 1.47. The fourth-order valence-electron chi connectivity index (χ4n) is 3.81. The SMILES string of the molecule is Cn1c(=O)oc2cc(S(=O)(=O)N3CCC(C(=O)N4CCOCC4)CC3)ccc21. The Labute approximate surface area is 162 Å². The minimum atomic E-state index is -3.71. The minimum absolute atomic E-state index is 0.0901. The summed E-state index contributed by atoms with van der Waals surface area (Å²) in [4.78, 5) is 26.1. The molecule has 10 heteroatoms. The lowest BCUT2D eigenvalue weighted by Gasteiger charge is -2.35. The zero-order chi connectivity index (χ0) is 19.9. The van der Waals surface area contributed by atoms with Crippen molar-refractivity contribution in [3.63, 3.8) is 0 Å². The molecule has 0 saturated carbocycles. The van der Waals surface area contributed by atoms with Crippen LogP contribution in [0, 0.1) is 5.92 Å². The van der Waals surface area contributed by atoms with Crippen LogP contribution in [0.4, 0.5) is 0 Å². The number of carbonyl (C=O) groups excluding carboxylic acids is 1. The van der Waals surface area contributed by atoms with Crippen LogP contribution in [0.1, 0.15) is 12.8 Å². The molecule has 1 aromatic carbocycles. The smallest absolute Gasteiger partial charge is 0.408 e. The van der Waals surface area contributed by atoms with Crippen LogP contribution in [-0.4, -0.2) is 67.5 Å². The number of aromatic nitrogens is 1. The van der Waals surface area contributed by atoms with E-state index in [-0.39, 0.29) is 22.3 Å². The summed E-state index contributed by atoms with van der Waals surface area (Å²) in [6.07, 6.45) is 0.996. The maximum absolute atomic E-state index is 13.0. The third kappa shape index (κ3) is 3.36. The predicted molar refractivity (Wildman–Crippen MR) is 100 cm³/mol. The van der Waals surface area contributed by atoms with Gasteiger partial charge in [-0.05, 0) is 25.0 Å². The molecule has 0 bridgehead atoms. The monoisotopic (exact) mass is 409 g/mol. The molecule has 2 saturated heterocycles. The van der Waals surface area contributed by atoms with Crippen molar-refractivity contribution >= 4 is 27.0 Å². The van der Waals surface area contributed by atoms with E-state index in [1.165, 1.54) is 21.0 Å². The number of amides is 1. The standard InChI is InChI=1S/C18H23N3O6S/c1-19-15-3-2-14(12-16(15)27-18(19)23)28(24,25)21-6-4-13(5-7-21)17(22)20-8-10-26-11-9-20/h2-3,12-13H,4-11H2,1H3. The molecule has 9 nitrogen and oxygen atoms in total. The topological polar surface area (TPSA) is 102 Å². The Bertz CT molecular complexity index is 1040. The molecule has 2 fully saturated rings. The molecular weight excluding hydrogens is 386 g/mol. The highest BCUT2D eigenvalue weighted by Gasteiger charge is 2.34. The molecule has 1 aromatic heterocycles. The van der Waals surface area contributed by atoms with Crippen molar-refractivity contribution in [3.05, 3.63) is 28.7 Å². The first kappa shape index (κ1) is 19.2. The van der Waals surface area contributed by atoms with Gasteiger partial charge in [-0.15, -0.1) is 0 Å². The molecule has 3 heterocycles. The van der Waals surface area contributed by atoms with Crippen LogP contribution in [-0.2, 0) is 26.6 Å². The summed E-state index contributed by atoms with van der Waals surface area (Å²) in [7, 11) is -2.15. The quantitative estimate of drug-likeness (QED) is 0.727. The highest BCUT2D eigenvalue weighted by Crippen LogP contribution is 2.27. The van der Waals surface area contributed by atoms with Gasteiger partial charge in [-0.25, -0.2) is 13.2 Å². The summed E-state index contributed by atoms with van der Waals surface area (Å²) in [6.45, 7) is 2.88. The van der Waals surface area contributed by atoms with Crippen molar-refractivity contribution in [2.24, 2.45) is 13.0 Å². The van der Waals surface area contributed by atoms with Gasteiger partial charge in [-0.3, -0.25) is 9.36 Å². The van der Waals surface area contributed by atoms with E-state index in [4.69, 9.17) is 9.15 Å². The van der Waals surface area contributed by atoms with E-state index in [1.54, 1.807) is 13.1 Å². The summed E-state index contributed by atoms with van der Waals surface area (Å²) >= 11 is 0. The lowest BCUT2D eigenvalue weighted by Crippen LogP contribution is -2.47. The second kappa shape index (κ2) is 7.34. The molecule has 0 spiro atoms. The normalized spacial score (nSPS) is 20.0. The van der Waals surface area contributed by atoms with Crippen molar-refractivity contribution in [1.29, 1.82) is 0 Å². The average Bonchev–Trinajstić information content (AvgIpc) is 3.01. The molecule has 1 amide bonds. The molecule has 28 heavy (non-hydrogen) atoms. The number of hydrogen-bond donors (Lipinski definition) is 0. The first-order chi connectivity index (χ1) is 13.4. The molecule has 0 radical (unpaired) electrons. The molecular formula is C18H23N3O6S. The van der Waals surface area contributed by atoms with E-state index < -0.39 is 15.8 Å². The number of benzene rings is 1. The molecule has 4 rings (SSSR count). The van der Waals surface area contributed by atoms with Crippen LogP contribution in [0.5, 0.6) is 0 Å². The fraction of sp³-hybridized carbons (Fsp3) is 0.556. The third-order valence-corrected chi connectivity index (χ3v) is 7.42. The Morgan fingerprint density at radius 1 is 1.11 bits per heavy atom. The number of piperidine rings is 1. The third-order valence-electron chi connectivity index (χ3n) is 5.53. The number of oxazole rings is 1. The lowest BCUT2D eigenvalue weighted by atomic mass is 9.96. The maximum Gasteiger partial charge on any atom is 0.419 e. The molecule has 0 N–H and O–H groups in total. The minimum Gasteiger partial charge on any atom is -0.408 e. The number of ether oxygens (including phenoxy) is 1. The van der Waals surface area contributed by atoms with Crippen LogP contribution >= 0.6 is 0 Å². The number of nitrogens with zero attached hydrogens (tertiary/aromatic N) is 3. The molecule has 0 atom stereocenters. The van der Waals surface area contributed by atoms with Crippen molar-refractivity contribution in [1.82, 2.24) is 13.8 Å². The number of fused-ring (bicyclic) bond motifs is 1. The van der Waals surface area contributed by atoms with Gasteiger partial charge < -0.3 is 14.1 Å². The number of aryl methyl sites for hydroxylation is 1. The van der Waals surface area contributed by atoms with Gasteiger partial charge in [0.15, 0.2) is 5.58 Å². The highest BCUT2D eigenvalue weighted by molar-refractivity contribution is 7.89. The number of rotatable bonds is 3. The van der Waals surface area contributed by atoms with Crippen molar-refractivity contribution in [3.8, 4) is 0 Å². The van der Waals surface area contributed by atoms with E-state index in [0.29, 0.717) is 57.8 Å². The summed E-state index contributed by atoms with van der Waals surface area (Å²) < 4.78 is 39.1. The molecule has 0 unspecified atom stereocenters. The first-order valence-electron chi connectivity index (χ1n) is 9.34. The van der Waals surface area contributed by atoms with E-state index in [0.717, 1.165) is 0 Å². The van der Waals surface area contributed by atoms with Crippen LogP contribution in [0.25, 0.3) is 11.1 Å². The van der Waals surface area contributed by atoms with Crippen LogP contribution in [0.2, 0.25) is 0 Å². The maximum atomic E-state index is 13.0. The molecule has 2 aromatic rings. The Kier molecular flexibility index (Phi) is 5.02. The van der Waals surface area contributed by atoms with E-state index >= 15 is 0 Å². The second-order valence-electron chi connectivity index (χ2n) is 7.17. The molecule has 152 valence electrons. The molecule has 0 aliphatic carbocycles. The van der Waals surface area contributed by atoms with Crippen molar-refractivity contribution in [2.75, 3.05) is 39.4 Å². The Hall–Kier alpha value is -2.17. The van der Waals surface area contributed by atoms with Crippen LogP contribution in [0.15, 0.2) is 32.3 Å². The average molecular weight is 409 g/mol. The van der Waals surface area contributed by atoms with Gasteiger partial charge in [0.2, 0.25) is 15.9 Å². The van der Waals surface area contributed by atoms with Gasteiger partial charge in [-0.1, -0.05) is 0 Å². The number of hydrogen-bond acceptors (Lipinski definition) is 6. The fourth-order valence-corrected chi connectivity index (χ4v) is 5.29. The second-order valence-corrected chi connectivity index (χ2v) is 9.11.